The van der Waals surface area contributed by atoms with Crippen molar-refractivity contribution in [3.63, 3.8) is 0 Å². The Balaban J connectivity index is 1.02. The van der Waals surface area contributed by atoms with Gasteiger partial charge in [-0.05, 0) is 96.9 Å². The third kappa shape index (κ3) is 6.46. The van der Waals surface area contributed by atoms with Crippen LogP contribution in [0.2, 0.25) is 0 Å². The van der Waals surface area contributed by atoms with Gasteiger partial charge in [0.05, 0.1) is 66.2 Å². The Bertz CT molecular complexity index is 2500. The molecule has 306 valence electrons. The lowest BCUT2D eigenvalue weighted by Gasteiger charge is -2.54. The molecule has 0 spiro atoms. The normalized spacial score (nSPS) is 34.5. The smallest absolute Gasteiger partial charge is 0.151 e. The summed E-state index contributed by atoms with van der Waals surface area (Å²) in [4.78, 5) is 7.91. The Labute approximate surface area is 362 Å². The molecule has 3 fully saturated rings. The molecule has 3 N–H and O–H groups in total. The highest BCUT2D eigenvalue weighted by atomic mass is 32.2. The van der Waals surface area contributed by atoms with Gasteiger partial charge in [-0.3, -0.25) is 20.9 Å². The summed E-state index contributed by atoms with van der Waals surface area (Å²) in [6, 6.07) is 19.5. The molecule has 12 rings (SSSR count). The molecular weight excluding hydrogens is 773 g/mol. The average molecular weight is 823 g/mol. The van der Waals surface area contributed by atoms with Gasteiger partial charge in [-0.25, -0.2) is 0 Å². The minimum atomic E-state index is -0.415. The second kappa shape index (κ2) is 15.6. The van der Waals surface area contributed by atoms with Gasteiger partial charge < -0.3 is 14.4 Å². The standard InChI is InChI=1S/C52H50N6O2S/c53-31-33-29-36(52-55-50(32-15-2-1-3-16-32)54-51(56-52)35-18-14-28-48-49(35)34-17-4-13-27-47(34)61-48)42(58-39-21-7-11-25-45(39)60-46-26-12-8-22-40(46)58)30-41(33)57-37-19-5-9-23-43(37)59-44-24-10-6-20-38(44)57/h1-2,4-5,7-13,15,19,21-30,33-34,37-38,41,43-44,50-52,54-56H,3,6,14,16-18,20H2. The molecule has 8 nitrogen and oxygen atoms in total. The number of para-hydroxylation sites is 4. The van der Waals surface area contributed by atoms with E-state index in [9.17, 15) is 5.26 Å². The van der Waals surface area contributed by atoms with E-state index in [-0.39, 0.29) is 48.8 Å². The van der Waals surface area contributed by atoms with Crippen molar-refractivity contribution < 1.29 is 9.47 Å². The van der Waals surface area contributed by atoms with Crippen LogP contribution in [0, 0.1) is 23.2 Å². The molecule has 2 aromatic rings. The van der Waals surface area contributed by atoms with Gasteiger partial charge in [0.2, 0.25) is 0 Å². The largest absolute Gasteiger partial charge is 0.453 e. The first-order valence-electron chi connectivity index (χ1n) is 22.3. The number of anilines is 2. The van der Waals surface area contributed by atoms with E-state index in [4.69, 9.17) is 9.47 Å². The second-order valence-corrected chi connectivity index (χ2v) is 18.6. The number of benzene rings is 2. The van der Waals surface area contributed by atoms with Crippen LogP contribution in [-0.2, 0) is 4.74 Å². The Morgan fingerprint density at radius 2 is 1.54 bits per heavy atom. The molecule has 9 heteroatoms. The first-order valence-corrected chi connectivity index (χ1v) is 23.1. The van der Waals surface area contributed by atoms with Crippen LogP contribution in [0.15, 0.2) is 177 Å². The van der Waals surface area contributed by atoms with Crippen LogP contribution in [0.1, 0.15) is 44.9 Å². The van der Waals surface area contributed by atoms with E-state index < -0.39 is 5.92 Å². The summed E-state index contributed by atoms with van der Waals surface area (Å²) in [5, 5.41) is 23.8. The third-order valence-corrected chi connectivity index (χ3v) is 15.3. The molecule has 4 heterocycles. The molecule has 61 heavy (non-hydrogen) atoms. The Morgan fingerprint density at radius 3 is 2.38 bits per heavy atom. The van der Waals surface area contributed by atoms with Crippen molar-refractivity contribution >= 4 is 23.1 Å². The molecular formula is C52H50N6O2S. The van der Waals surface area contributed by atoms with Crippen molar-refractivity contribution in [2.24, 2.45) is 11.8 Å². The Hall–Kier alpha value is -5.18. The summed E-state index contributed by atoms with van der Waals surface area (Å²) in [5.41, 5.74) is 8.40. The first-order chi connectivity index (χ1) is 30.2. The highest BCUT2D eigenvalue weighted by molar-refractivity contribution is 8.07. The lowest BCUT2D eigenvalue weighted by atomic mass is 9.81. The number of ether oxygens (including phenoxy) is 2. The first kappa shape index (κ1) is 37.6. The predicted molar refractivity (Wildman–Crippen MR) is 243 cm³/mol. The van der Waals surface area contributed by atoms with Crippen molar-refractivity contribution in [1.29, 1.82) is 5.26 Å². The molecule has 3 saturated heterocycles. The summed E-state index contributed by atoms with van der Waals surface area (Å²) >= 11 is 1.96. The zero-order chi connectivity index (χ0) is 40.4. The van der Waals surface area contributed by atoms with E-state index >= 15 is 0 Å². The molecule has 4 aliphatic heterocycles. The number of allylic oxidation sites excluding steroid dienone is 12. The maximum absolute atomic E-state index is 11.4. The molecule has 0 saturated carbocycles. The average Bonchev–Trinajstić information content (AvgIpc) is 3.71. The van der Waals surface area contributed by atoms with Crippen LogP contribution in [0.4, 0.5) is 11.4 Å². The monoisotopic (exact) mass is 822 g/mol. The van der Waals surface area contributed by atoms with E-state index in [1.807, 2.05) is 23.9 Å². The Kier molecular flexibility index (Phi) is 9.62. The number of hydrogen-bond acceptors (Lipinski definition) is 9. The van der Waals surface area contributed by atoms with Gasteiger partial charge >= 0.3 is 0 Å². The van der Waals surface area contributed by atoms with Gasteiger partial charge in [-0.2, -0.15) is 5.26 Å². The van der Waals surface area contributed by atoms with Gasteiger partial charge in [-0.1, -0.05) is 121 Å². The number of nitrogens with one attached hydrogen (secondary N) is 3. The van der Waals surface area contributed by atoms with Crippen LogP contribution in [0.3, 0.4) is 0 Å². The number of morpholine rings is 1. The molecule has 10 atom stereocenters. The van der Waals surface area contributed by atoms with E-state index in [1.165, 1.54) is 26.5 Å². The molecule has 0 aromatic heterocycles. The van der Waals surface area contributed by atoms with Crippen molar-refractivity contribution in [3.05, 3.63) is 177 Å². The SMILES string of the molecule is N#CC1C=C(C2NC(C3=CC=CCC3)NC(C3=C4C(=CCC3)SC3=CC=CCC34)N2)C(N2c3ccccc3Oc3ccccc32)=CC1N1C2C=CC=CC2OC2C=CCCC21. The highest BCUT2D eigenvalue weighted by Gasteiger charge is 2.49. The molecule has 6 aliphatic carbocycles. The van der Waals surface area contributed by atoms with Gasteiger partial charge in [0.15, 0.2) is 11.5 Å². The molecule has 10 unspecified atom stereocenters. The van der Waals surface area contributed by atoms with Crippen LogP contribution in [-0.4, -0.2) is 53.7 Å². The molecule has 10 aliphatic rings. The lowest BCUT2D eigenvalue weighted by Crippen LogP contribution is -2.69. The maximum Gasteiger partial charge on any atom is 0.151 e. The van der Waals surface area contributed by atoms with Crippen molar-refractivity contribution in [3.8, 4) is 17.6 Å². The predicted octanol–water partition coefficient (Wildman–Crippen LogP) is 9.76. The summed E-state index contributed by atoms with van der Waals surface area (Å²) in [7, 11) is 0. The van der Waals surface area contributed by atoms with Gasteiger partial charge in [0, 0.05) is 28.1 Å². The summed E-state index contributed by atoms with van der Waals surface area (Å²) in [6.45, 7) is 0. The van der Waals surface area contributed by atoms with Crippen molar-refractivity contribution in [2.75, 3.05) is 4.90 Å². The van der Waals surface area contributed by atoms with Gasteiger partial charge in [0.1, 0.15) is 0 Å². The number of hydrogen-bond donors (Lipinski definition) is 3. The van der Waals surface area contributed by atoms with Gasteiger partial charge in [0.25, 0.3) is 0 Å². The summed E-state index contributed by atoms with van der Waals surface area (Å²) in [5.74, 6) is 1.60. The fraction of sp³-hybridized carbons (Fsp3) is 0.327. The van der Waals surface area contributed by atoms with Crippen LogP contribution >= 0.6 is 11.8 Å². The topological polar surface area (TPSA) is 84.8 Å². The second-order valence-electron chi connectivity index (χ2n) is 17.5. The molecule has 0 amide bonds. The van der Waals surface area contributed by atoms with E-state index in [1.54, 1.807) is 0 Å². The van der Waals surface area contributed by atoms with E-state index in [2.05, 4.69) is 159 Å². The summed E-state index contributed by atoms with van der Waals surface area (Å²) < 4.78 is 13.4. The third-order valence-electron chi connectivity index (χ3n) is 14.1. The zero-order valence-electron chi connectivity index (χ0n) is 34.1. The fourth-order valence-electron chi connectivity index (χ4n) is 11.3. The number of fused-ring (bicyclic) bond motifs is 7. The van der Waals surface area contributed by atoms with E-state index in [0.717, 1.165) is 79.1 Å². The number of thioether (sulfide) groups is 1. The Morgan fingerprint density at radius 1 is 0.738 bits per heavy atom. The number of nitriles is 1. The summed E-state index contributed by atoms with van der Waals surface area (Å²) in [6.07, 6.45) is 40.5. The highest BCUT2D eigenvalue weighted by Crippen LogP contribution is 2.56. The number of rotatable bonds is 5. The van der Waals surface area contributed by atoms with Crippen LogP contribution in [0.25, 0.3) is 0 Å². The molecule has 0 radical (unpaired) electrons. The fourth-order valence-corrected chi connectivity index (χ4v) is 12.7. The maximum atomic E-state index is 11.4. The minimum absolute atomic E-state index is 0.00493. The van der Waals surface area contributed by atoms with Crippen LogP contribution in [0.5, 0.6) is 11.5 Å². The minimum Gasteiger partial charge on any atom is -0.453 e. The van der Waals surface area contributed by atoms with Crippen molar-refractivity contribution in [1.82, 2.24) is 20.9 Å². The molecule has 0 bridgehead atoms. The lowest BCUT2D eigenvalue weighted by molar-refractivity contribution is -0.120. The van der Waals surface area contributed by atoms with Gasteiger partial charge in [-0.15, -0.1) is 0 Å². The van der Waals surface area contributed by atoms with E-state index in [0.29, 0.717) is 5.92 Å². The molecule has 2 aromatic carbocycles. The zero-order valence-corrected chi connectivity index (χ0v) is 34.9. The van der Waals surface area contributed by atoms with Crippen molar-refractivity contribution in [2.45, 2.75) is 93.8 Å². The van der Waals surface area contributed by atoms with Crippen LogP contribution < -0.4 is 25.6 Å². The quantitative estimate of drug-likeness (QED) is 0.256. The number of nitrogens with zero attached hydrogens (tertiary/aromatic N) is 3.